The number of carbonyl (C=O) groups excluding carboxylic acids is 1. The van der Waals surface area contributed by atoms with Gasteiger partial charge in [0.05, 0.1) is 37.6 Å². The van der Waals surface area contributed by atoms with Crippen LogP contribution in [0.15, 0.2) is 66.3 Å². The van der Waals surface area contributed by atoms with Gasteiger partial charge in [-0.1, -0.05) is 36.4 Å². The second-order valence-electron chi connectivity index (χ2n) is 10.2. The van der Waals surface area contributed by atoms with E-state index >= 15 is 4.39 Å². The van der Waals surface area contributed by atoms with Crippen molar-refractivity contribution in [1.29, 1.82) is 5.26 Å². The van der Waals surface area contributed by atoms with Crippen molar-refractivity contribution in [1.82, 2.24) is 10.3 Å². The molecular formula is C30H38FN5O4. The summed E-state index contributed by atoms with van der Waals surface area (Å²) in [5, 5.41) is 18.7. The van der Waals surface area contributed by atoms with Gasteiger partial charge in [0.1, 0.15) is 17.4 Å². The van der Waals surface area contributed by atoms with Gasteiger partial charge in [-0.2, -0.15) is 5.26 Å². The summed E-state index contributed by atoms with van der Waals surface area (Å²) in [7, 11) is 2.99. The number of hydrogen-bond donors (Lipinski definition) is 3. The number of allylic oxidation sites excluding steroid dienone is 3. The molecular weight excluding hydrogens is 513 g/mol. The maximum atomic E-state index is 15.3. The Balaban J connectivity index is 2.53. The molecule has 1 heterocycles. The average Bonchev–Trinajstić information content (AvgIpc) is 2.86. The number of benzene rings is 1. The zero-order valence-electron chi connectivity index (χ0n) is 24.3. The zero-order valence-corrected chi connectivity index (χ0v) is 24.3. The van der Waals surface area contributed by atoms with Crippen LogP contribution in [-0.4, -0.2) is 36.9 Å². The number of nitriles is 1. The summed E-state index contributed by atoms with van der Waals surface area (Å²) in [6.07, 6.45) is 2.64. The summed E-state index contributed by atoms with van der Waals surface area (Å²) in [6.45, 7) is 14.6. The molecule has 1 amide bonds. The quantitative estimate of drug-likeness (QED) is 0.215. The summed E-state index contributed by atoms with van der Waals surface area (Å²) < 4.78 is 31.1. The molecule has 10 heteroatoms. The topological polar surface area (TPSA) is 118 Å². The molecule has 0 spiro atoms. The van der Waals surface area contributed by atoms with Crippen LogP contribution in [0.5, 0.6) is 0 Å². The van der Waals surface area contributed by atoms with Crippen LogP contribution in [-0.2, 0) is 14.2 Å². The van der Waals surface area contributed by atoms with E-state index in [9.17, 15) is 10.1 Å². The van der Waals surface area contributed by atoms with Crippen LogP contribution < -0.4 is 16.0 Å². The summed E-state index contributed by atoms with van der Waals surface area (Å²) >= 11 is 0. The lowest BCUT2D eigenvalue weighted by Crippen LogP contribution is -2.42. The minimum atomic E-state index is -0.736. The summed E-state index contributed by atoms with van der Waals surface area (Å²) in [6, 6.07) is 9.52. The van der Waals surface area contributed by atoms with Crippen molar-refractivity contribution in [3.63, 3.8) is 0 Å². The molecule has 40 heavy (non-hydrogen) atoms. The fraction of sp³-hybridized carbons (Fsp3) is 0.367. The van der Waals surface area contributed by atoms with Crippen LogP contribution in [0.25, 0.3) is 0 Å². The molecule has 1 aromatic carbocycles. The number of halogens is 1. The summed E-state index contributed by atoms with van der Waals surface area (Å²) in [5.74, 6) is 0.131. The SMILES string of the molecule is C=C(/C=C(\C=C(/C)OC)Nc1nc(N[C@H](c2cccc(C)c2)[C@H](C)NC(=O)OC(C)(C)C)c(F)cc1C#N)OC. The maximum Gasteiger partial charge on any atom is 0.407 e. The normalized spacial score (nSPS) is 13.4. The molecule has 3 N–H and O–H groups in total. The molecule has 0 aliphatic carbocycles. The van der Waals surface area contributed by atoms with Crippen molar-refractivity contribution >= 4 is 17.7 Å². The van der Waals surface area contributed by atoms with E-state index in [2.05, 4.69) is 27.5 Å². The van der Waals surface area contributed by atoms with Crippen LogP contribution in [0.2, 0.25) is 0 Å². The Morgan fingerprint density at radius 1 is 1.18 bits per heavy atom. The smallest absolute Gasteiger partial charge is 0.407 e. The van der Waals surface area contributed by atoms with Crippen molar-refractivity contribution in [2.45, 2.75) is 59.2 Å². The molecule has 0 bridgehead atoms. The van der Waals surface area contributed by atoms with Gasteiger partial charge in [0.25, 0.3) is 0 Å². The van der Waals surface area contributed by atoms with E-state index < -0.39 is 29.6 Å². The summed E-state index contributed by atoms with van der Waals surface area (Å²) in [4.78, 5) is 17.0. The van der Waals surface area contributed by atoms with Gasteiger partial charge in [0.15, 0.2) is 17.5 Å². The molecule has 9 nitrogen and oxygen atoms in total. The van der Waals surface area contributed by atoms with Crippen LogP contribution >= 0.6 is 0 Å². The summed E-state index contributed by atoms with van der Waals surface area (Å²) in [5.41, 5.74) is 1.51. The number of carbonyl (C=O) groups is 1. The number of aryl methyl sites for hydroxylation is 1. The Bertz CT molecular complexity index is 1320. The Kier molecular flexibility index (Phi) is 11.1. The van der Waals surface area contributed by atoms with E-state index in [4.69, 9.17) is 14.2 Å². The van der Waals surface area contributed by atoms with Crippen LogP contribution in [0.3, 0.4) is 0 Å². The number of rotatable bonds is 11. The van der Waals surface area contributed by atoms with Crippen LogP contribution in [0, 0.1) is 24.1 Å². The number of hydrogen-bond acceptors (Lipinski definition) is 8. The van der Waals surface area contributed by atoms with Crippen molar-refractivity contribution < 1.29 is 23.4 Å². The largest absolute Gasteiger partial charge is 0.501 e. The first kappa shape index (κ1) is 31.7. The van der Waals surface area contributed by atoms with Crippen LogP contribution in [0.4, 0.5) is 20.8 Å². The number of nitrogens with zero attached hydrogens (tertiary/aromatic N) is 2. The van der Waals surface area contributed by atoms with Gasteiger partial charge >= 0.3 is 6.09 Å². The molecule has 0 aliphatic rings. The third kappa shape index (κ3) is 9.66. The fourth-order valence-electron chi connectivity index (χ4n) is 3.62. The minimum Gasteiger partial charge on any atom is -0.501 e. The first-order valence-electron chi connectivity index (χ1n) is 12.6. The first-order valence-corrected chi connectivity index (χ1v) is 12.6. The number of aromatic nitrogens is 1. The molecule has 0 aliphatic heterocycles. The zero-order chi connectivity index (χ0) is 30.0. The van der Waals surface area contributed by atoms with Gasteiger partial charge in [-0.15, -0.1) is 0 Å². The highest BCUT2D eigenvalue weighted by atomic mass is 19.1. The van der Waals surface area contributed by atoms with E-state index in [1.165, 1.54) is 14.2 Å². The Morgan fingerprint density at radius 2 is 1.88 bits per heavy atom. The minimum absolute atomic E-state index is 0.0208. The predicted molar refractivity (Wildman–Crippen MR) is 154 cm³/mol. The number of ether oxygens (including phenoxy) is 3. The molecule has 0 unspecified atom stereocenters. The number of nitrogens with one attached hydrogen (secondary N) is 3. The van der Waals surface area contributed by atoms with Gasteiger partial charge in [0, 0.05) is 11.8 Å². The van der Waals surface area contributed by atoms with Crippen molar-refractivity contribution in [2.75, 3.05) is 24.9 Å². The van der Waals surface area contributed by atoms with E-state index in [0.717, 1.165) is 17.2 Å². The number of pyridine rings is 1. The molecule has 0 saturated heterocycles. The average molecular weight is 552 g/mol. The highest BCUT2D eigenvalue weighted by Crippen LogP contribution is 2.28. The Morgan fingerprint density at radius 3 is 2.45 bits per heavy atom. The monoisotopic (exact) mass is 551 g/mol. The maximum absolute atomic E-state index is 15.3. The second-order valence-corrected chi connectivity index (χ2v) is 10.2. The van der Waals surface area contributed by atoms with Crippen molar-refractivity contribution in [3.05, 3.63) is 88.8 Å². The van der Waals surface area contributed by atoms with Crippen molar-refractivity contribution in [2.24, 2.45) is 0 Å². The number of alkyl carbamates (subject to hydrolysis) is 1. The van der Waals surface area contributed by atoms with E-state index in [-0.39, 0.29) is 17.2 Å². The lowest BCUT2D eigenvalue weighted by atomic mass is 9.98. The molecule has 2 atom stereocenters. The molecule has 1 aromatic heterocycles. The van der Waals surface area contributed by atoms with E-state index in [0.29, 0.717) is 17.2 Å². The number of amides is 1. The highest BCUT2D eigenvalue weighted by molar-refractivity contribution is 5.68. The fourth-order valence-corrected chi connectivity index (χ4v) is 3.62. The first-order chi connectivity index (χ1) is 18.8. The van der Waals surface area contributed by atoms with Crippen LogP contribution in [0.1, 0.15) is 57.4 Å². The van der Waals surface area contributed by atoms with E-state index in [1.807, 2.05) is 37.3 Å². The molecule has 214 valence electrons. The Labute approximate surface area is 235 Å². The second kappa shape index (κ2) is 14.0. The molecule has 0 saturated carbocycles. The highest BCUT2D eigenvalue weighted by Gasteiger charge is 2.26. The third-order valence-corrected chi connectivity index (χ3v) is 5.56. The van der Waals surface area contributed by atoms with Crippen molar-refractivity contribution in [3.8, 4) is 6.07 Å². The van der Waals surface area contributed by atoms with Gasteiger partial charge in [-0.25, -0.2) is 14.2 Å². The van der Waals surface area contributed by atoms with E-state index in [1.54, 1.807) is 46.8 Å². The Hall–Kier alpha value is -4.52. The standard InChI is InChI=1S/C30H38FN5O4/c1-18-11-10-12-22(13-18)26(21(4)33-29(37)40-30(5,6)7)35-28-25(31)16-23(17-32)27(36-28)34-24(14-19(2)38-8)15-20(3)39-9/h10-16,21,26H,2H2,1,3-9H3,(H,33,37)(H2,34,35,36)/b20-15+,24-14+/t21-,26-/m0/s1. The number of anilines is 2. The number of methoxy groups -OCH3 is 2. The molecule has 0 radical (unpaired) electrons. The lowest BCUT2D eigenvalue weighted by Gasteiger charge is -2.29. The predicted octanol–water partition coefficient (Wildman–Crippen LogP) is 6.47. The molecule has 0 fully saturated rings. The van der Waals surface area contributed by atoms with Gasteiger partial charge < -0.3 is 30.2 Å². The molecule has 2 aromatic rings. The third-order valence-electron chi connectivity index (χ3n) is 5.56. The van der Waals surface area contributed by atoms with Gasteiger partial charge in [0.2, 0.25) is 0 Å². The molecule has 2 rings (SSSR count). The van der Waals surface area contributed by atoms with Gasteiger partial charge in [-0.3, -0.25) is 0 Å². The van der Waals surface area contributed by atoms with Gasteiger partial charge in [-0.05, 0) is 59.2 Å². The lowest BCUT2D eigenvalue weighted by molar-refractivity contribution is 0.0503.